The van der Waals surface area contributed by atoms with E-state index in [1.165, 1.54) is 0 Å². The second kappa shape index (κ2) is 4.64. The quantitative estimate of drug-likeness (QED) is 0.709. The summed E-state index contributed by atoms with van der Waals surface area (Å²) in [7, 11) is 0. The van der Waals surface area contributed by atoms with E-state index in [0.29, 0.717) is 12.5 Å². The third kappa shape index (κ3) is 1.94. The predicted octanol–water partition coefficient (Wildman–Crippen LogP) is 2.18. The fraction of sp³-hybridized carbons (Fsp3) is 0.286. The van der Waals surface area contributed by atoms with Crippen molar-refractivity contribution in [2.45, 2.75) is 12.3 Å². The summed E-state index contributed by atoms with van der Waals surface area (Å²) in [5, 5.41) is 4.05. The Morgan fingerprint density at radius 2 is 2.00 bits per heavy atom. The molecule has 4 rings (SSSR count). The molecule has 1 aliphatic heterocycles. The molecule has 6 nitrogen and oxygen atoms in total. The summed E-state index contributed by atoms with van der Waals surface area (Å²) < 4.78 is 10.7. The molecule has 0 amide bonds. The minimum Gasteiger partial charge on any atom is -0.381 e. The molecule has 0 saturated carbocycles. The summed E-state index contributed by atoms with van der Waals surface area (Å²) in [4.78, 5) is 13.0. The lowest BCUT2D eigenvalue weighted by molar-refractivity contribution is 0.192. The van der Waals surface area contributed by atoms with E-state index >= 15 is 0 Å². The van der Waals surface area contributed by atoms with Crippen molar-refractivity contribution in [3.05, 3.63) is 36.4 Å². The van der Waals surface area contributed by atoms with Gasteiger partial charge in [0.25, 0.3) is 5.89 Å². The molecule has 0 radical (unpaired) electrons. The van der Waals surface area contributed by atoms with Gasteiger partial charge in [0.2, 0.25) is 0 Å². The van der Waals surface area contributed by atoms with Crippen LogP contribution in [0.4, 0.5) is 0 Å². The molecule has 2 aromatic heterocycles. The summed E-state index contributed by atoms with van der Waals surface area (Å²) in [6.45, 7) is 1.43. The number of nitrogens with zero attached hydrogens (tertiary/aromatic N) is 4. The van der Waals surface area contributed by atoms with Crippen LogP contribution in [0.25, 0.3) is 22.5 Å². The summed E-state index contributed by atoms with van der Waals surface area (Å²) >= 11 is 0. The van der Waals surface area contributed by atoms with Crippen molar-refractivity contribution in [2.75, 3.05) is 13.2 Å². The van der Waals surface area contributed by atoms with E-state index in [9.17, 15) is 0 Å². The zero-order chi connectivity index (χ0) is 13.4. The van der Waals surface area contributed by atoms with Crippen LogP contribution in [0, 0.1) is 0 Å². The number of benzene rings is 1. The standard InChI is InChI=1S/C14H12N4O2/c1-2-11-12(16-5-4-15-11)7-9(1)14-17-13(18-20-14)10-3-6-19-8-10/h1-2,4-5,7,10H,3,6,8H2. The smallest absolute Gasteiger partial charge is 0.258 e. The molecule has 0 spiro atoms. The van der Waals surface area contributed by atoms with Crippen molar-refractivity contribution < 1.29 is 9.26 Å². The van der Waals surface area contributed by atoms with Crippen LogP contribution >= 0.6 is 0 Å². The van der Waals surface area contributed by atoms with Crippen LogP contribution in [0.2, 0.25) is 0 Å². The Bertz CT molecular complexity index is 750. The number of ether oxygens (including phenoxy) is 1. The highest BCUT2D eigenvalue weighted by Gasteiger charge is 2.23. The van der Waals surface area contributed by atoms with E-state index in [2.05, 4.69) is 20.1 Å². The SMILES string of the molecule is c1cnc2cc(-c3nc(C4CCOC4)no3)ccc2n1. The van der Waals surface area contributed by atoms with Gasteiger partial charge in [0.15, 0.2) is 5.82 Å². The van der Waals surface area contributed by atoms with E-state index in [1.807, 2.05) is 18.2 Å². The fourth-order valence-electron chi connectivity index (χ4n) is 2.35. The average Bonchev–Trinajstić information content (AvgIpc) is 3.17. The van der Waals surface area contributed by atoms with Gasteiger partial charge in [-0.25, -0.2) is 0 Å². The minimum atomic E-state index is 0.243. The van der Waals surface area contributed by atoms with E-state index in [0.717, 1.165) is 35.4 Å². The largest absolute Gasteiger partial charge is 0.381 e. The lowest BCUT2D eigenvalue weighted by Crippen LogP contribution is -1.99. The third-order valence-corrected chi connectivity index (χ3v) is 3.45. The zero-order valence-electron chi connectivity index (χ0n) is 10.7. The Hall–Kier alpha value is -2.34. The van der Waals surface area contributed by atoms with Crippen LogP contribution < -0.4 is 0 Å². The number of hydrogen-bond donors (Lipinski definition) is 0. The molecule has 20 heavy (non-hydrogen) atoms. The minimum absolute atomic E-state index is 0.243. The second-order valence-electron chi connectivity index (χ2n) is 4.78. The van der Waals surface area contributed by atoms with Crippen molar-refractivity contribution in [3.8, 4) is 11.5 Å². The van der Waals surface area contributed by atoms with Gasteiger partial charge in [-0.2, -0.15) is 4.98 Å². The van der Waals surface area contributed by atoms with Gasteiger partial charge >= 0.3 is 0 Å². The number of fused-ring (bicyclic) bond motifs is 1. The van der Waals surface area contributed by atoms with Gasteiger partial charge in [-0.15, -0.1) is 0 Å². The fourth-order valence-corrected chi connectivity index (χ4v) is 2.35. The summed E-state index contributed by atoms with van der Waals surface area (Å²) in [5.74, 6) is 1.48. The highest BCUT2D eigenvalue weighted by atomic mass is 16.5. The topological polar surface area (TPSA) is 73.9 Å². The second-order valence-corrected chi connectivity index (χ2v) is 4.78. The maximum absolute atomic E-state index is 5.35. The summed E-state index contributed by atoms with van der Waals surface area (Å²) in [6, 6.07) is 5.73. The Labute approximate surface area is 114 Å². The normalized spacial score (nSPS) is 18.7. The molecular weight excluding hydrogens is 256 g/mol. The molecule has 100 valence electrons. The Morgan fingerprint density at radius 3 is 2.85 bits per heavy atom. The average molecular weight is 268 g/mol. The zero-order valence-corrected chi connectivity index (χ0v) is 10.7. The lowest BCUT2D eigenvalue weighted by atomic mass is 10.1. The van der Waals surface area contributed by atoms with Crippen molar-refractivity contribution in [1.29, 1.82) is 0 Å². The number of hydrogen-bond acceptors (Lipinski definition) is 6. The van der Waals surface area contributed by atoms with Gasteiger partial charge in [-0.05, 0) is 24.6 Å². The van der Waals surface area contributed by atoms with Crippen molar-refractivity contribution in [1.82, 2.24) is 20.1 Å². The Morgan fingerprint density at radius 1 is 1.10 bits per heavy atom. The predicted molar refractivity (Wildman–Crippen MR) is 71.0 cm³/mol. The summed E-state index contributed by atoms with van der Waals surface area (Å²) in [5.41, 5.74) is 2.52. The third-order valence-electron chi connectivity index (χ3n) is 3.45. The van der Waals surface area contributed by atoms with Gasteiger partial charge < -0.3 is 9.26 Å². The molecule has 3 aromatic rings. The van der Waals surface area contributed by atoms with Gasteiger partial charge in [-0.3, -0.25) is 9.97 Å². The first-order valence-electron chi connectivity index (χ1n) is 6.53. The number of rotatable bonds is 2. The molecule has 1 atom stereocenters. The van der Waals surface area contributed by atoms with E-state index in [1.54, 1.807) is 12.4 Å². The molecule has 1 aromatic carbocycles. The monoisotopic (exact) mass is 268 g/mol. The molecule has 1 saturated heterocycles. The van der Waals surface area contributed by atoms with Crippen LogP contribution in [0.15, 0.2) is 35.1 Å². The van der Waals surface area contributed by atoms with Gasteiger partial charge in [-0.1, -0.05) is 5.16 Å². The molecule has 1 unspecified atom stereocenters. The van der Waals surface area contributed by atoms with Crippen LogP contribution in [0.1, 0.15) is 18.2 Å². The molecule has 0 aliphatic carbocycles. The van der Waals surface area contributed by atoms with Gasteiger partial charge in [0, 0.05) is 30.5 Å². The molecule has 6 heteroatoms. The molecule has 1 aliphatic rings. The Kier molecular flexibility index (Phi) is 2.67. The van der Waals surface area contributed by atoms with Crippen molar-refractivity contribution in [3.63, 3.8) is 0 Å². The van der Waals surface area contributed by atoms with E-state index in [-0.39, 0.29) is 5.92 Å². The molecule has 0 N–H and O–H groups in total. The summed E-state index contributed by atoms with van der Waals surface area (Å²) in [6.07, 6.45) is 4.29. The van der Waals surface area contributed by atoms with Crippen LogP contribution in [-0.4, -0.2) is 33.3 Å². The van der Waals surface area contributed by atoms with Crippen LogP contribution in [0.5, 0.6) is 0 Å². The highest BCUT2D eigenvalue weighted by molar-refractivity contribution is 5.79. The first kappa shape index (κ1) is 11.5. The van der Waals surface area contributed by atoms with Crippen molar-refractivity contribution in [2.24, 2.45) is 0 Å². The van der Waals surface area contributed by atoms with E-state index < -0.39 is 0 Å². The van der Waals surface area contributed by atoms with Crippen LogP contribution in [-0.2, 0) is 4.74 Å². The van der Waals surface area contributed by atoms with Crippen molar-refractivity contribution >= 4 is 11.0 Å². The molecule has 3 heterocycles. The van der Waals surface area contributed by atoms with Crippen LogP contribution in [0.3, 0.4) is 0 Å². The van der Waals surface area contributed by atoms with E-state index in [4.69, 9.17) is 9.26 Å². The first-order valence-corrected chi connectivity index (χ1v) is 6.53. The molecular formula is C14H12N4O2. The first-order chi connectivity index (χ1) is 9.90. The van der Waals surface area contributed by atoms with Gasteiger partial charge in [0.05, 0.1) is 17.6 Å². The Balaban J connectivity index is 1.71. The maximum Gasteiger partial charge on any atom is 0.258 e. The van der Waals surface area contributed by atoms with Gasteiger partial charge in [0.1, 0.15) is 0 Å². The lowest BCUT2D eigenvalue weighted by Gasteiger charge is -1.98. The number of aromatic nitrogens is 4. The highest BCUT2D eigenvalue weighted by Crippen LogP contribution is 2.26. The maximum atomic E-state index is 5.35. The molecule has 1 fully saturated rings. The molecule has 0 bridgehead atoms.